The Hall–Kier alpha value is -3.28. The molecule has 6 heteroatoms. The van der Waals surface area contributed by atoms with Crippen LogP contribution in [0.3, 0.4) is 0 Å². The number of aromatic nitrogens is 3. The zero-order chi connectivity index (χ0) is 17.6. The average molecular weight is 332 g/mol. The minimum atomic E-state index is -0.423. The third-order valence-electron chi connectivity index (χ3n) is 3.65. The molecule has 0 atom stereocenters. The Morgan fingerprint density at radius 1 is 1.16 bits per heavy atom. The summed E-state index contributed by atoms with van der Waals surface area (Å²) in [5.41, 5.74) is 9.15. The fraction of sp³-hybridized carbons (Fsp3) is 0.105. The number of amides is 1. The minimum Gasteiger partial charge on any atom is -0.382 e. The van der Waals surface area contributed by atoms with Gasteiger partial charge in [-0.3, -0.25) is 9.78 Å². The van der Waals surface area contributed by atoms with E-state index in [1.54, 1.807) is 30.7 Å². The molecule has 6 nitrogen and oxygen atoms in total. The van der Waals surface area contributed by atoms with Gasteiger partial charge >= 0.3 is 0 Å². The molecule has 0 unspecified atom stereocenters. The van der Waals surface area contributed by atoms with Crippen molar-refractivity contribution in [2.45, 2.75) is 12.8 Å². The molecule has 25 heavy (non-hydrogen) atoms. The summed E-state index contributed by atoms with van der Waals surface area (Å²) in [7, 11) is 0. The fourth-order valence-electron chi connectivity index (χ4n) is 2.38. The molecule has 1 radical (unpaired) electrons. The summed E-state index contributed by atoms with van der Waals surface area (Å²) in [6.45, 7) is 3.85. The van der Waals surface area contributed by atoms with Crippen molar-refractivity contribution in [1.29, 1.82) is 0 Å². The lowest BCUT2D eigenvalue weighted by Crippen LogP contribution is -2.17. The molecule has 0 saturated carbocycles. The highest BCUT2D eigenvalue weighted by atomic mass is 16.1. The van der Waals surface area contributed by atoms with Crippen LogP contribution in [0, 0.1) is 6.92 Å². The van der Waals surface area contributed by atoms with E-state index in [0.29, 0.717) is 11.4 Å². The fourth-order valence-corrected chi connectivity index (χ4v) is 2.38. The highest BCUT2D eigenvalue weighted by molar-refractivity contribution is 6.05. The van der Waals surface area contributed by atoms with E-state index in [2.05, 4.69) is 27.2 Å². The van der Waals surface area contributed by atoms with Crippen LogP contribution in [0.5, 0.6) is 0 Å². The van der Waals surface area contributed by atoms with Gasteiger partial charge in [-0.1, -0.05) is 31.2 Å². The third-order valence-corrected chi connectivity index (χ3v) is 3.65. The number of benzene rings is 1. The molecular formula is C19H18N5O. The number of anilines is 2. The lowest BCUT2D eigenvalue weighted by Gasteiger charge is -2.08. The summed E-state index contributed by atoms with van der Waals surface area (Å²) in [5.74, 6) is -0.340. The molecule has 0 aliphatic heterocycles. The number of carbonyl (C=O) groups is 1. The Morgan fingerprint density at radius 2 is 1.96 bits per heavy atom. The molecule has 1 aromatic carbocycles. The topological polar surface area (TPSA) is 93.8 Å². The molecule has 0 fully saturated rings. The van der Waals surface area contributed by atoms with Gasteiger partial charge in [0, 0.05) is 11.8 Å². The van der Waals surface area contributed by atoms with Crippen molar-refractivity contribution in [3.63, 3.8) is 0 Å². The Balaban J connectivity index is 1.86. The van der Waals surface area contributed by atoms with Gasteiger partial charge < -0.3 is 11.1 Å². The zero-order valence-corrected chi connectivity index (χ0v) is 13.6. The van der Waals surface area contributed by atoms with Gasteiger partial charge in [-0.15, -0.1) is 0 Å². The monoisotopic (exact) mass is 332 g/mol. The van der Waals surface area contributed by atoms with Gasteiger partial charge in [0.25, 0.3) is 5.91 Å². The molecule has 3 aromatic rings. The Kier molecular flexibility index (Phi) is 4.99. The number of pyridine rings is 1. The predicted molar refractivity (Wildman–Crippen MR) is 97.7 cm³/mol. The number of rotatable bonds is 5. The second kappa shape index (κ2) is 7.53. The normalized spacial score (nSPS) is 10.4. The summed E-state index contributed by atoms with van der Waals surface area (Å²) in [4.78, 5) is 24.9. The van der Waals surface area contributed by atoms with Crippen LogP contribution in [0.4, 0.5) is 11.5 Å². The van der Waals surface area contributed by atoms with Gasteiger partial charge in [0.2, 0.25) is 0 Å². The highest BCUT2D eigenvalue weighted by Crippen LogP contribution is 2.20. The van der Waals surface area contributed by atoms with Crippen molar-refractivity contribution in [2.24, 2.45) is 0 Å². The molecule has 2 heterocycles. The van der Waals surface area contributed by atoms with Gasteiger partial charge in [0.15, 0.2) is 11.5 Å². The highest BCUT2D eigenvalue weighted by Gasteiger charge is 2.15. The minimum absolute atomic E-state index is 0.0822. The van der Waals surface area contributed by atoms with E-state index in [1.807, 2.05) is 24.3 Å². The van der Waals surface area contributed by atoms with Crippen LogP contribution < -0.4 is 11.1 Å². The molecule has 0 aliphatic rings. The van der Waals surface area contributed by atoms with E-state index in [4.69, 9.17) is 5.73 Å². The molecule has 3 rings (SSSR count). The average Bonchev–Trinajstić information content (AvgIpc) is 2.64. The van der Waals surface area contributed by atoms with Gasteiger partial charge in [0.05, 0.1) is 23.8 Å². The first-order valence-corrected chi connectivity index (χ1v) is 7.90. The maximum atomic E-state index is 12.4. The first-order chi connectivity index (χ1) is 12.2. The number of nitrogens with zero attached hydrogens (tertiary/aromatic N) is 3. The van der Waals surface area contributed by atoms with Gasteiger partial charge in [-0.25, -0.2) is 9.97 Å². The van der Waals surface area contributed by atoms with Crippen LogP contribution in [0.15, 0.2) is 55.0 Å². The number of nitrogens with one attached hydrogen (secondary N) is 1. The first kappa shape index (κ1) is 16.6. The smallest absolute Gasteiger partial charge is 0.278 e. The molecule has 125 valence electrons. The van der Waals surface area contributed by atoms with Crippen LogP contribution in [0.2, 0.25) is 0 Å². The van der Waals surface area contributed by atoms with E-state index in [1.165, 1.54) is 5.56 Å². The van der Waals surface area contributed by atoms with E-state index in [0.717, 1.165) is 18.4 Å². The number of carbonyl (C=O) groups excluding carboxylic acids is 1. The summed E-state index contributed by atoms with van der Waals surface area (Å²) in [6, 6.07) is 11.4. The van der Waals surface area contributed by atoms with Gasteiger partial charge in [0.1, 0.15) is 0 Å². The summed E-state index contributed by atoms with van der Waals surface area (Å²) in [6.07, 6.45) is 6.51. The van der Waals surface area contributed by atoms with Crippen molar-refractivity contribution in [1.82, 2.24) is 15.0 Å². The number of hydrogen-bond donors (Lipinski definition) is 2. The van der Waals surface area contributed by atoms with Gasteiger partial charge in [-0.2, -0.15) is 0 Å². The molecule has 0 aliphatic carbocycles. The Labute approximate surface area is 146 Å². The van der Waals surface area contributed by atoms with Crippen molar-refractivity contribution in [2.75, 3.05) is 11.1 Å². The van der Waals surface area contributed by atoms with Crippen LogP contribution in [0.25, 0.3) is 11.3 Å². The van der Waals surface area contributed by atoms with Crippen LogP contribution in [-0.4, -0.2) is 20.9 Å². The third kappa shape index (κ3) is 3.98. The van der Waals surface area contributed by atoms with Crippen LogP contribution in [0.1, 0.15) is 22.5 Å². The molecule has 0 saturated heterocycles. The second-order valence-electron chi connectivity index (χ2n) is 5.49. The molecule has 3 N–H and O–H groups in total. The molecule has 0 spiro atoms. The Morgan fingerprint density at radius 3 is 2.64 bits per heavy atom. The van der Waals surface area contributed by atoms with E-state index in [-0.39, 0.29) is 11.5 Å². The quantitative estimate of drug-likeness (QED) is 0.748. The number of nitrogens with two attached hydrogens (primary N) is 1. The zero-order valence-electron chi connectivity index (χ0n) is 13.6. The SMILES string of the molecule is [CH2]CCc1ccc(-c2cnc(N)c(C(=O)Nc3cccnc3)n2)cc1. The van der Waals surface area contributed by atoms with Crippen molar-refractivity contribution >= 4 is 17.4 Å². The predicted octanol–water partition coefficient (Wildman–Crippen LogP) is 3.14. The van der Waals surface area contributed by atoms with Crippen molar-refractivity contribution in [3.8, 4) is 11.3 Å². The van der Waals surface area contributed by atoms with Crippen LogP contribution in [-0.2, 0) is 6.42 Å². The van der Waals surface area contributed by atoms with E-state index >= 15 is 0 Å². The molecule has 1 amide bonds. The lowest BCUT2D eigenvalue weighted by atomic mass is 10.1. The summed E-state index contributed by atoms with van der Waals surface area (Å²) < 4.78 is 0. The van der Waals surface area contributed by atoms with Crippen molar-refractivity contribution in [3.05, 3.63) is 73.2 Å². The standard InChI is InChI=1S/C19H18N5O/c1-2-4-13-6-8-14(9-7-13)16-12-22-18(20)17(24-16)19(25)23-15-5-3-10-21-11-15/h3,5-12H,1-2,4H2,(H2,20,22)(H,23,25). The molecule has 2 aromatic heterocycles. The number of aryl methyl sites for hydroxylation is 1. The Bertz CT molecular complexity index is 863. The second-order valence-corrected chi connectivity index (χ2v) is 5.49. The number of hydrogen-bond acceptors (Lipinski definition) is 5. The summed E-state index contributed by atoms with van der Waals surface area (Å²) >= 11 is 0. The molecular weight excluding hydrogens is 314 g/mol. The lowest BCUT2D eigenvalue weighted by molar-refractivity contribution is 0.102. The van der Waals surface area contributed by atoms with E-state index in [9.17, 15) is 4.79 Å². The van der Waals surface area contributed by atoms with Crippen LogP contribution >= 0.6 is 0 Å². The number of nitrogen functional groups attached to an aromatic ring is 1. The maximum Gasteiger partial charge on any atom is 0.278 e. The largest absolute Gasteiger partial charge is 0.382 e. The molecule has 0 bridgehead atoms. The first-order valence-electron chi connectivity index (χ1n) is 7.90. The maximum absolute atomic E-state index is 12.4. The van der Waals surface area contributed by atoms with Gasteiger partial charge in [-0.05, 0) is 30.5 Å². The summed E-state index contributed by atoms with van der Waals surface area (Å²) in [5, 5.41) is 2.71. The van der Waals surface area contributed by atoms with Crippen molar-refractivity contribution < 1.29 is 4.79 Å². The van der Waals surface area contributed by atoms with E-state index < -0.39 is 5.91 Å².